The lowest BCUT2D eigenvalue weighted by molar-refractivity contribution is -0.910. The standard InChI is InChI=1S/C21H29N3O3S/c1-5-24(6-2)16-18-9-7-17(8-10-18)15-22-21(25)19-11-13-20(14-12-19)28(26,27)23(3)4/h7-14H,5-6,15-16H2,1-4H3,(H,22,25)/p+1. The maximum Gasteiger partial charge on any atom is 0.251 e. The smallest absolute Gasteiger partial charge is 0.251 e. The van der Waals surface area contributed by atoms with E-state index in [9.17, 15) is 13.2 Å². The summed E-state index contributed by atoms with van der Waals surface area (Å²) in [6.45, 7) is 8.00. The first kappa shape index (κ1) is 22.1. The van der Waals surface area contributed by atoms with Gasteiger partial charge in [0.15, 0.2) is 0 Å². The number of nitrogens with zero attached hydrogens (tertiary/aromatic N) is 1. The van der Waals surface area contributed by atoms with Gasteiger partial charge in [-0.1, -0.05) is 24.3 Å². The Balaban J connectivity index is 1.95. The second-order valence-corrected chi connectivity index (χ2v) is 9.10. The molecule has 1 amide bonds. The van der Waals surface area contributed by atoms with E-state index in [1.165, 1.54) is 48.8 Å². The summed E-state index contributed by atoms with van der Waals surface area (Å²) < 4.78 is 25.3. The van der Waals surface area contributed by atoms with Gasteiger partial charge in [-0.05, 0) is 43.7 Å². The molecule has 152 valence electrons. The molecule has 0 saturated carbocycles. The van der Waals surface area contributed by atoms with Crippen molar-refractivity contribution in [2.45, 2.75) is 31.8 Å². The summed E-state index contributed by atoms with van der Waals surface area (Å²) >= 11 is 0. The predicted octanol–water partition coefficient (Wildman–Crippen LogP) is 1.29. The van der Waals surface area contributed by atoms with Gasteiger partial charge in [0, 0.05) is 31.8 Å². The number of carbonyl (C=O) groups is 1. The molecule has 2 N–H and O–H groups in total. The van der Waals surface area contributed by atoms with E-state index < -0.39 is 10.0 Å². The number of hydrogen-bond acceptors (Lipinski definition) is 3. The second-order valence-electron chi connectivity index (χ2n) is 6.94. The maximum atomic E-state index is 12.3. The van der Waals surface area contributed by atoms with Crippen molar-refractivity contribution in [1.29, 1.82) is 0 Å². The first-order valence-corrected chi connectivity index (χ1v) is 10.9. The summed E-state index contributed by atoms with van der Waals surface area (Å²) in [5, 5.41) is 2.87. The van der Waals surface area contributed by atoms with E-state index in [0.717, 1.165) is 29.5 Å². The molecule has 0 atom stereocenters. The molecule has 0 heterocycles. The Morgan fingerprint density at radius 3 is 1.96 bits per heavy atom. The van der Waals surface area contributed by atoms with E-state index in [2.05, 4.69) is 31.3 Å². The lowest BCUT2D eigenvalue weighted by Gasteiger charge is -2.15. The molecule has 2 rings (SSSR count). The molecule has 0 aromatic heterocycles. The summed E-state index contributed by atoms with van der Waals surface area (Å²) in [5.41, 5.74) is 2.74. The molecule has 0 bridgehead atoms. The molecule has 0 aliphatic rings. The van der Waals surface area contributed by atoms with Crippen molar-refractivity contribution in [2.24, 2.45) is 0 Å². The zero-order valence-corrected chi connectivity index (χ0v) is 17.8. The zero-order valence-electron chi connectivity index (χ0n) is 17.0. The van der Waals surface area contributed by atoms with Crippen LogP contribution in [-0.4, -0.2) is 45.8 Å². The average Bonchev–Trinajstić information content (AvgIpc) is 2.71. The van der Waals surface area contributed by atoms with Gasteiger partial charge in [-0.3, -0.25) is 4.79 Å². The van der Waals surface area contributed by atoms with Crippen molar-refractivity contribution < 1.29 is 18.1 Å². The summed E-state index contributed by atoms with van der Waals surface area (Å²) in [6.07, 6.45) is 0. The van der Waals surface area contributed by atoms with Gasteiger partial charge < -0.3 is 10.2 Å². The van der Waals surface area contributed by atoms with Crippen molar-refractivity contribution in [3.05, 3.63) is 65.2 Å². The molecule has 6 nitrogen and oxygen atoms in total. The molecule has 0 saturated heterocycles. The van der Waals surface area contributed by atoms with Crippen LogP contribution in [-0.2, 0) is 23.1 Å². The van der Waals surface area contributed by atoms with Crippen molar-refractivity contribution in [3.8, 4) is 0 Å². The number of nitrogens with one attached hydrogen (secondary N) is 2. The highest BCUT2D eigenvalue weighted by Crippen LogP contribution is 2.14. The van der Waals surface area contributed by atoms with E-state index in [1.54, 1.807) is 0 Å². The Labute approximate surface area is 168 Å². The van der Waals surface area contributed by atoms with Gasteiger partial charge in [0.05, 0.1) is 18.0 Å². The Kier molecular flexibility index (Phi) is 7.74. The summed E-state index contributed by atoms with van der Waals surface area (Å²) in [6, 6.07) is 14.2. The van der Waals surface area contributed by atoms with Crippen molar-refractivity contribution in [1.82, 2.24) is 9.62 Å². The second kappa shape index (κ2) is 9.82. The van der Waals surface area contributed by atoms with Gasteiger partial charge >= 0.3 is 0 Å². The fourth-order valence-corrected chi connectivity index (χ4v) is 3.74. The Morgan fingerprint density at radius 1 is 0.929 bits per heavy atom. The molecular formula is C21H30N3O3S+. The Hall–Kier alpha value is -2.22. The number of sulfonamides is 1. The molecule has 2 aromatic rings. The Bertz CT molecular complexity index is 872. The number of carbonyl (C=O) groups excluding carboxylic acids is 1. The van der Waals surface area contributed by atoms with Crippen molar-refractivity contribution >= 4 is 15.9 Å². The quantitative estimate of drug-likeness (QED) is 0.662. The highest BCUT2D eigenvalue weighted by molar-refractivity contribution is 7.89. The number of rotatable bonds is 9. The van der Waals surface area contributed by atoms with Crippen LogP contribution < -0.4 is 10.2 Å². The minimum atomic E-state index is -3.49. The van der Waals surface area contributed by atoms with E-state index in [1.807, 2.05) is 12.1 Å². The minimum absolute atomic E-state index is 0.167. The number of quaternary nitrogens is 1. The lowest BCUT2D eigenvalue weighted by Crippen LogP contribution is -3.10. The van der Waals surface area contributed by atoms with Gasteiger partial charge in [-0.2, -0.15) is 0 Å². The van der Waals surface area contributed by atoms with Crippen molar-refractivity contribution in [2.75, 3.05) is 27.2 Å². The summed E-state index contributed by atoms with van der Waals surface area (Å²) in [7, 11) is -0.538. The van der Waals surface area contributed by atoms with Gasteiger partial charge in [-0.15, -0.1) is 0 Å². The van der Waals surface area contributed by atoms with E-state index >= 15 is 0 Å². The van der Waals surface area contributed by atoms with Crippen LogP contribution in [0.3, 0.4) is 0 Å². The third kappa shape index (κ3) is 5.64. The fourth-order valence-electron chi connectivity index (χ4n) is 2.84. The van der Waals surface area contributed by atoms with Crippen LogP contribution in [0.1, 0.15) is 35.3 Å². The third-order valence-corrected chi connectivity index (χ3v) is 6.65. The highest BCUT2D eigenvalue weighted by atomic mass is 32.2. The highest BCUT2D eigenvalue weighted by Gasteiger charge is 2.17. The topological polar surface area (TPSA) is 70.9 Å². The number of hydrogen-bond donors (Lipinski definition) is 2. The molecule has 0 fully saturated rings. The molecule has 7 heteroatoms. The fraction of sp³-hybridized carbons (Fsp3) is 0.381. The monoisotopic (exact) mass is 404 g/mol. The van der Waals surface area contributed by atoms with Crippen LogP contribution in [0.25, 0.3) is 0 Å². The molecule has 0 aliphatic heterocycles. The molecule has 28 heavy (non-hydrogen) atoms. The molecule has 0 unspecified atom stereocenters. The normalized spacial score (nSPS) is 11.8. The van der Waals surface area contributed by atoms with E-state index in [-0.39, 0.29) is 10.8 Å². The SMILES string of the molecule is CC[NH+](CC)Cc1ccc(CNC(=O)c2ccc(S(=O)(=O)N(C)C)cc2)cc1. The third-order valence-electron chi connectivity index (χ3n) is 4.83. The molecule has 0 aliphatic carbocycles. The van der Waals surface area contributed by atoms with Crippen LogP contribution in [0.15, 0.2) is 53.4 Å². The predicted molar refractivity (Wildman–Crippen MR) is 111 cm³/mol. The molecular weight excluding hydrogens is 374 g/mol. The lowest BCUT2D eigenvalue weighted by atomic mass is 10.1. The van der Waals surface area contributed by atoms with Crippen LogP contribution >= 0.6 is 0 Å². The molecule has 0 radical (unpaired) electrons. The van der Waals surface area contributed by atoms with Gasteiger partial charge in [-0.25, -0.2) is 12.7 Å². The van der Waals surface area contributed by atoms with Gasteiger partial charge in [0.25, 0.3) is 5.91 Å². The van der Waals surface area contributed by atoms with Crippen LogP contribution in [0, 0.1) is 0 Å². The first-order chi connectivity index (χ1) is 13.3. The van der Waals surface area contributed by atoms with Crippen LogP contribution in [0.2, 0.25) is 0 Å². The summed E-state index contributed by atoms with van der Waals surface area (Å²) in [4.78, 5) is 14.0. The number of benzene rings is 2. The van der Waals surface area contributed by atoms with Gasteiger partial charge in [0.2, 0.25) is 10.0 Å². The summed E-state index contributed by atoms with van der Waals surface area (Å²) in [5.74, 6) is -0.231. The number of amides is 1. The molecule has 0 spiro atoms. The minimum Gasteiger partial charge on any atom is -0.348 e. The zero-order chi connectivity index (χ0) is 20.7. The maximum absolute atomic E-state index is 12.3. The van der Waals surface area contributed by atoms with Gasteiger partial charge in [0.1, 0.15) is 6.54 Å². The van der Waals surface area contributed by atoms with Crippen LogP contribution in [0.4, 0.5) is 0 Å². The molecule has 2 aromatic carbocycles. The first-order valence-electron chi connectivity index (χ1n) is 9.50. The van der Waals surface area contributed by atoms with E-state index in [0.29, 0.717) is 12.1 Å². The van der Waals surface area contributed by atoms with Crippen molar-refractivity contribution in [3.63, 3.8) is 0 Å². The average molecular weight is 405 g/mol. The Morgan fingerprint density at radius 2 is 1.46 bits per heavy atom. The largest absolute Gasteiger partial charge is 0.348 e. The van der Waals surface area contributed by atoms with E-state index in [4.69, 9.17) is 0 Å². The van der Waals surface area contributed by atoms with Crippen LogP contribution in [0.5, 0.6) is 0 Å².